The molecule has 0 fully saturated rings. The highest BCUT2D eigenvalue weighted by Gasteiger charge is 2.20. The average molecular weight is 413 g/mol. The van der Waals surface area contributed by atoms with E-state index >= 15 is 0 Å². The van der Waals surface area contributed by atoms with Crippen LogP contribution < -0.4 is 10.3 Å². The summed E-state index contributed by atoms with van der Waals surface area (Å²) < 4.78 is 14.3. The zero-order valence-electron chi connectivity index (χ0n) is 15.9. The number of aryl methyl sites for hydroxylation is 1. The predicted molar refractivity (Wildman–Crippen MR) is 105 cm³/mol. The smallest absolute Gasteiger partial charge is 0.317 e. The molecule has 0 aliphatic carbocycles. The van der Waals surface area contributed by atoms with E-state index in [0.29, 0.717) is 28.1 Å². The Morgan fingerprint density at radius 1 is 1.14 bits per heavy atom. The minimum Gasteiger partial charge on any atom is -0.452 e. The van der Waals surface area contributed by atoms with Gasteiger partial charge in [0.1, 0.15) is 0 Å². The summed E-state index contributed by atoms with van der Waals surface area (Å²) in [6.45, 7) is 1.78. The normalized spacial score (nSPS) is 12.1. The number of halogens is 1. The van der Waals surface area contributed by atoms with Gasteiger partial charge >= 0.3 is 6.01 Å². The highest BCUT2D eigenvalue weighted by molar-refractivity contribution is 6.30. The zero-order chi connectivity index (χ0) is 20.5. The van der Waals surface area contributed by atoms with Crippen LogP contribution in [0.15, 0.2) is 51.9 Å². The first-order valence-electron chi connectivity index (χ1n) is 8.75. The number of ether oxygens (including phenoxy) is 1. The van der Waals surface area contributed by atoms with Crippen LogP contribution in [-0.4, -0.2) is 29.5 Å². The van der Waals surface area contributed by atoms with E-state index in [1.807, 2.05) is 6.07 Å². The fraction of sp³-hybridized carbons (Fsp3) is 0.211. The molecule has 3 heterocycles. The molecule has 0 radical (unpaired) electrons. The van der Waals surface area contributed by atoms with Crippen molar-refractivity contribution in [3.05, 3.63) is 63.8 Å². The van der Waals surface area contributed by atoms with Gasteiger partial charge in [-0.15, -0.1) is 5.10 Å². The second-order valence-corrected chi connectivity index (χ2v) is 6.89. The zero-order valence-corrected chi connectivity index (χ0v) is 16.7. The third-order valence-corrected chi connectivity index (χ3v) is 4.59. The van der Waals surface area contributed by atoms with E-state index in [2.05, 4.69) is 20.3 Å². The van der Waals surface area contributed by atoms with E-state index in [9.17, 15) is 4.79 Å². The molecule has 0 spiro atoms. The summed E-state index contributed by atoms with van der Waals surface area (Å²) in [7, 11) is 3.43. The molecule has 10 heteroatoms. The highest BCUT2D eigenvalue weighted by Crippen LogP contribution is 2.25. The predicted octanol–water partition coefficient (Wildman–Crippen LogP) is 3.02. The molecule has 0 amide bonds. The summed E-state index contributed by atoms with van der Waals surface area (Å²) >= 11 is 6.01. The van der Waals surface area contributed by atoms with Crippen LogP contribution in [0.4, 0.5) is 0 Å². The third kappa shape index (κ3) is 3.77. The third-order valence-electron chi connectivity index (χ3n) is 4.36. The maximum absolute atomic E-state index is 11.9. The molecule has 0 aliphatic heterocycles. The van der Waals surface area contributed by atoms with Crippen LogP contribution >= 0.6 is 11.6 Å². The molecular formula is C19H17ClN6O3. The van der Waals surface area contributed by atoms with Gasteiger partial charge in [0.15, 0.2) is 11.9 Å². The fourth-order valence-corrected chi connectivity index (χ4v) is 2.90. The molecule has 4 rings (SSSR count). The van der Waals surface area contributed by atoms with Crippen LogP contribution in [0, 0.1) is 0 Å². The lowest BCUT2D eigenvalue weighted by Crippen LogP contribution is -2.14. The van der Waals surface area contributed by atoms with E-state index in [-0.39, 0.29) is 11.6 Å². The second kappa shape index (κ2) is 7.51. The summed E-state index contributed by atoms with van der Waals surface area (Å²) in [6.07, 6.45) is 1.14. The molecule has 0 bridgehead atoms. The minimum absolute atomic E-state index is 0.137. The first kappa shape index (κ1) is 18.9. The van der Waals surface area contributed by atoms with Crippen LogP contribution in [0.2, 0.25) is 5.02 Å². The Morgan fingerprint density at radius 3 is 2.72 bits per heavy atom. The summed E-state index contributed by atoms with van der Waals surface area (Å²) in [5, 5.41) is 12.7. The van der Waals surface area contributed by atoms with Crippen molar-refractivity contribution < 1.29 is 9.26 Å². The number of hydrogen-bond donors (Lipinski definition) is 0. The molecule has 0 saturated carbocycles. The number of rotatable bonds is 5. The van der Waals surface area contributed by atoms with Crippen molar-refractivity contribution in [2.24, 2.45) is 14.1 Å². The molecule has 1 atom stereocenters. The number of nitrogens with zero attached hydrogens (tertiary/aromatic N) is 6. The van der Waals surface area contributed by atoms with Crippen molar-refractivity contribution in [2.75, 3.05) is 0 Å². The first-order chi connectivity index (χ1) is 13.9. The van der Waals surface area contributed by atoms with Gasteiger partial charge in [0.2, 0.25) is 5.82 Å². The van der Waals surface area contributed by atoms with Crippen molar-refractivity contribution in [1.82, 2.24) is 29.5 Å². The number of aromatic nitrogens is 6. The summed E-state index contributed by atoms with van der Waals surface area (Å²) in [5.74, 6) is 1.22. The molecule has 0 N–H and O–H groups in total. The van der Waals surface area contributed by atoms with Crippen molar-refractivity contribution >= 4 is 11.6 Å². The summed E-state index contributed by atoms with van der Waals surface area (Å²) in [6, 6.07) is 10.7. The maximum Gasteiger partial charge on any atom is 0.317 e. The van der Waals surface area contributed by atoms with Crippen LogP contribution in [0.3, 0.4) is 0 Å². The van der Waals surface area contributed by atoms with Crippen LogP contribution in [0.1, 0.15) is 18.9 Å². The summed E-state index contributed by atoms with van der Waals surface area (Å²) in [4.78, 5) is 16.2. The maximum atomic E-state index is 11.9. The molecule has 9 nitrogen and oxygen atoms in total. The van der Waals surface area contributed by atoms with Crippen LogP contribution in [-0.2, 0) is 14.1 Å². The van der Waals surface area contributed by atoms with Gasteiger partial charge in [0.25, 0.3) is 11.4 Å². The van der Waals surface area contributed by atoms with Gasteiger partial charge < -0.3 is 13.8 Å². The molecule has 0 aliphatic rings. The van der Waals surface area contributed by atoms with E-state index in [1.54, 1.807) is 56.0 Å². The van der Waals surface area contributed by atoms with Crippen molar-refractivity contribution in [1.29, 1.82) is 0 Å². The Labute approximate surface area is 170 Å². The number of hydrogen-bond acceptors (Lipinski definition) is 7. The van der Waals surface area contributed by atoms with Crippen molar-refractivity contribution in [2.45, 2.75) is 13.0 Å². The highest BCUT2D eigenvalue weighted by atomic mass is 35.5. The first-order valence-corrected chi connectivity index (χ1v) is 9.13. The van der Waals surface area contributed by atoms with Crippen molar-refractivity contribution in [3.63, 3.8) is 0 Å². The number of pyridine rings is 1. The SMILES string of the molecule is C[C@@H](Oc1nnc(-c2ccn(C)c(=O)c2)n1C)c1noc(-c2cccc(Cl)c2)n1. The number of benzene rings is 1. The quantitative estimate of drug-likeness (QED) is 0.496. The molecule has 29 heavy (non-hydrogen) atoms. The van der Waals surface area contributed by atoms with E-state index in [4.69, 9.17) is 20.9 Å². The monoisotopic (exact) mass is 412 g/mol. The van der Waals surface area contributed by atoms with E-state index < -0.39 is 6.10 Å². The average Bonchev–Trinajstić information content (AvgIpc) is 3.32. The molecule has 0 unspecified atom stereocenters. The largest absolute Gasteiger partial charge is 0.452 e. The van der Waals surface area contributed by atoms with Gasteiger partial charge in [-0.3, -0.25) is 9.36 Å². The Bertz CT molecular complexity index is 1230. The van der Waals surface area contributed by atoms with Gasteiger partial charge in [0.05, 0.1) is 0 Å². The molecule has 4 aromatic rings. The Morgan fingerprint density at radius 2 is 1.97 bits per heavy atom. The van der Waals surface area contributed by atoms with Crippen LogP contribution in [0.5, 0.6) is 6.01 Å². The standard InChI is InChI=1S/C19H17ClN6O3/c1-11(16-21-18(29-24-16)13-5-4-6-14(20)9-13)28-19-23-22-17(26(19)3)12-7-8-25(2)15(27)10-12/h4-11H,1-3H3/t11-/m1/s1. The summed E-state index contributed by atoms with van der Waals surface area (Å²) in [5.41, 5.74) is 1.23. The lowest BCUT2D eigenvalue weighted by molar-refractivity contribution is 0.186. The van der Waals surface area contributed by atoms with Gasteiger partial charge in [-0.05, 0) is 31.2 Å². The molecular weight excluding hydrogens is 396 g/mol. The molecule has 3 aromatic heterocycles. The molecule has 1 aromatic carbocycles. The fourth-order valence-electron chi connectivity index (χ4n) is 2.71. The van der Waals surface area contributed by atoms with E-state index in [0.717, 1.165) is 5.56 Å². The van der Waals surface area contributed by atoms with E-state index in [1.165, 1.54) is 10.6 Å². The lowest BCUT2D eigenvalue weighted by atomic mass is 10.2. The minimum atomic E-state index is -0.536. The van der Waals surface area contributed by atoms with Gasteiger partial charge in [-0.25, -0.2) is 0 Å². The topological polar surface area (TPSA) is 101 Å². The lowest BCUT2D eigenvalue weighted by Gasteiger charge is -2.10. The Kier molecular flexibility index (Phi) is 4.89. The second-order valence-electron chi connectivity index (χ2n) is 6.46. The van der Waals surface area contributed by atoms with Gasteiger partial charge in [0, 0.05) is 42.5 Å². The Hall–Kier alpha value is -3.46. The Balaban J connectivity index is 1.55. The molecule has 0 saturated heterocycles. The van der Waals surface area contributed by atoms with Crippen LogP contribution in [0.25, 0.3) is 22.8 Å². The molecule has 148 valence electrons. The van der Waals surface area contributed by atoms with Gasteiger partial charge in [-0.2, -0.15) is 4.98 Å². The van der Waals surface area contributed by atoms with Crippen molar-refractivity contribution in [3.8, 4) is 28.9 Å². The van der Waals surface area contributed by atoms with Gasteiger partial charge in [-0.1, -0.05) is 27.9 Å².